The quantitative estimate of drug-likeness (QED) is 0.794. The molecule has 7 heteroatoms. The van der Waals surface area contributed by atoms with Crippen LogP contribution in [0.2, 0.25) is 0 Å². The largest absolute Gasteiger partial charge is 0.465 e. The smallest absolute Gasteiger partial charge is 0.407 e. The highest BCUT2D eigenvalue weighted by molar-refractivity contribution is 6.03. The molecule has 0 bridgehead atoms. The number of anilines is 1. The Bertz CT molecular complexity index is 682. The number of carbonyl (C=O) groups excluding carboxylic acids is 2. The zero-order valence-corrected chi connectivity index (χ0v) is 13.6. The molecule has 3 rings (SSSR count). The predicted octanol–water partition coefficient (Wildman–Crippen LogP) is 1.18. The highest BCUT2D eigenvalue weighted by Gasteiger charge is 2.42. The fraction of sp³-hybridized carbons (Fsp3) is 0.471. The van der Waals surface area contributed by atoms with Crippen LogP contribution >= 0.6 is 0 Å². The zero-order chi connectivity index (χ0) is 17.3. The maximum atomic E-state index is 12.5. The second kappa shape index (κ2) is 6.14. The molecule has 128 valence electrons. The van der Waals surface area contributed by atoms with Crippen molar-refractivity contribution < 1.29 is 19.5 Å². The first-order valence-corrected chi connectivity index (χ1v) is 8.08. The number of rotatable bonds is 2. The first-order chi connectivity index (χ1) is 11.4. The van der Waals surface area contributed by atoms with Crippen LogP contribution in [0.15, 0.2) is 24.3 Å². The molecular formula is C17H21N3O4. The molecule has 2 aliphatic rings. The standard InChI is InChI=1S/C17H21N3O4/c1-17(7-6-14(21)18-15(17)22)12-4-2-3-5-13(12)19-8-10-20(11-9-19)16(23)24/h2-5H,6-11H2,1H3,(H,23,24)(H,18,21,22)/t17-/m1/s1. The average Bonchev–Trinajstić information content (AvgIpc) is 2.59. The van der Waals surface area contributed by atoms with E-state index in [4.69, 9.17) is 5.11 Å². The molecule has 7 nitrogen and oxygen atoms in total. The van der Waals surface area contributed by atoms with Gasteiger partial charge in [-0.2, -0.15) is 0 Å². The summed E-state index contributed by atoms with van der Waals surface area (Å²) in [4.78, 5) is 38.5. The molecule has 0 radical (unpaired) electrons. The summed E-state index contributed by atoms with van der Waals surface area (Å²) < 4.78 is 0. The van der Waals surface area contributed by atoms with Gasteiger partial charge >= 0.3 is 6.09 Å². The fourth-order valence-corrected chi connectivity index (χ4v) is 3.42. The van der Waals surface area contributed by atoms with Gasteiger partial charge in [-0.1, -0.05) is 18.2 Å². The lowest BCUT2D eigenvalue weighted by Gasteiger charge is -2.39. The molecule has 1 aromatic rings. The molecule has 0 saturated carbocycles. The minimum Gasteiger partial charge on any atom is -0.465 e. The van der Waals surface area contributed by atoms with E-state index in [-0.39, 0.29) is 11.8 Å². The van der Waals surface area contributed by atoms with Gasteiger partial charge in [0.15, 0.2) is 0 Å². The summed E-state index contributed by atoms with van der Waals surface area (Å²) in [6.07, 6.45) is -0.104. The van der Waals surface area contributed by atoms with Gasteiger partial charge < -0.3 is 14.9 Å². The number of piperazine rings is 1. The van der Waals surface area contributed by atoms with Crippen LogP contribution in [0.1, 0.15) is 25.3 Å². The van der Waals surface area contributed by atoms with Gasteiger partial charge in [0.1, 0.15) is 0 Å². The SMILES string of the molecule is C[C@]1(c2ccccc2N2CCN(C(=O)O)CC2)CCC(=O)NC1=O. The summed E-state index contributed by atoms with van der Waals surface area (Å²) in [5, 5.41) is 11.5. The Balaban J connectivity index is 1.88. The normalized spacial score (nSPS) is 24.7. The number of amides is 3. The van der Waals surface area contributed by atoms with Crippen LogP contribution < -0.4 is 10.2 Å². The number of imide groups is 1. The van der Waals surface area contributed by atoms with Crippen LogP contribution in [0.25, 0.3) is 0 Å². The third kappa shape index (κ3) is 2.81. The van der Waals surface area contributed by atoms with E-state index in [0.717, 1.165) is 11.3 Å². The number of benzene rings is 1. The highest BCUT2D eigenvalue weighted by atomic mass is 16.4. The van der Waals surface area contributed by atoms with Crippen molar-refractivity contribution >= 4 is 23.6 Å². The van der Waals surface area contributed by atoms with Crippen molar-refractivity contribution in [2.75, 3.05) is 31.1 Å². The molecule has 24 heavy (non-hydrogen) atoms. The Morgan fingerprint density at radius 3 is 2.46 bits per heavy atom. The van der Waals surface area contributed by atoms with Crippen molar-refractivity contribution in [1.82, 2.24) is 10.2 Å². The van der Waals surface area contributed by atoms with Crippen LogP contribution in [0.5, 0.6) is 0 Å². The van der Waals surface area contributed by atoms with E-state index >= 15 is 0 Å². The van der Waals surface area contributed by atoms with Crippen molar-refractivity contribution in [3.05, 3.63) is 29.8 Å². The van der Waals surface area contributed by atoms with Crippen LogP contribution in [0, 0.1) is 0 Å². The van der Waals surface area contributed by atoms with Gasteiger partial charge in [-0.25, -0.2) is 4.79 Å². The maximum Gasteiger partial charge on any atom is 0.407 e. The Hall–Kier alpha value is -2.57. The third-order valence-corrected chi connectivity index (χ3v) is 5.00. The molecule has 0 unspecified atom stereocenters. The van der Waals surface area contributed by atoms with Gasteiger partial charge in [-0.15, -0.1) is 0 Å². The minimum atomic E-state index is -0.903. The molecule has 3 amide bonds. The summed E-state index contributed by atoms with van der Waals surface area (Å²) in [6, 6.07) is 7.69. The summed E-state index contributed by atoms with van der Waals surface area (Å²) in [7, 11) is 0. The van der Waals surface area contributed by atoms with Crippen LogP contribution in [-0.2, 0) is 15.0 Å². The van der Waals surface area contributed by atoms with Gasteiger partial charge in [-0.3, -0.25) is 14.9 Å². The Labute approximate surface area is 140 Å². The summed E-state index contributed by atoms with van der Waals surface area (Å²) in [6.45, 7) is 3.90. The molecular weight excluding hydrogens is 310 g/mol. The van der Waals surface area contributed by atoms with Crippen molar-refractivity contribution in [2.24, 2.45) is 0 Å². The molecule has 0 aromatic heterocycles. The molecule has 2 N–H and O–H groups in total. The summed E-state index contributed by atoms with van der Waals surface area (Å²) in [5.41, 5.74) is 1.07. The lowest BCUT2D eigenvalue weighted by Crippen LogP contribution is -2.52. The molecule has 0 spiro atoms. The Morgan fingerprint density at radius 2 is 1.83 bits per heavy atom. The summed E-state index contributed by atoms with van der Waals surface area (Å²) in [5.74, 6) is -0.500. The number of hydrogen-bond acceptors (Lipinski definition) is 4. The third-order valence-electron chi connectivity index (χ3n) is 5.00. The van der Waals surface area contributed by atoms with E-state index in [9.17, 15) is 14.4 Å². The van der Waals surface area contributed by atoms with Gasteiger partial charge in [0.05, 0.1) is 5.41 Å². The number of nitrogens with zero attached hydrogens (tertiary/aromatic N) is 2. The van der Waals surface area contributed by atoms with Gasteiger partial charge in [-0.05, 0) is 25.0 Å². The van der Waals surface area contributed by atoms with Crippen LogP contribution in [0.4, 0.5) is 10.5 Å². The van der Waals surface area contributed by atoms with E-state index in [1.807, 2.05) is 31.2 Å². The molecule has 2 saturated heterocycles. The second-order valence-electron chi connectivity index (χ2n) is 6.48. The van der Waals surface area contributed by atoms with Crippen LogP contribution in [-0.4, -0.2) is 54.1 Å². The van der Waals surface area contributed by atoms with Crippen molar-refractivity contribution in [2.45, 2.75) is 25.2 Å². The van der Waals surface area contributed by atoms with Crippen molar-refractivity contribution in [3.63, 3.8) is 0 Å². The summed E-state index contributed by atoms with van der Waals surface area (Å²) >= 11 is 0. The molecule has 2 aliphatic heterocycles. The first-order valence-electron chi connectivity index (χ1n) is 8.08. The molecule has 2 heterocycles. The van der Waals surface area contributed by atoms with Gasteiger partial charge in [0.2, 0.25) is 11.8 Å². The predicted molar refractivity (Wildman–Crippen MR) is 88.0 cm³/mol. The number of piperidine rings is 1. The first kappa shape index (κ1) is 16.3. The van der Waals surface area contributed by atoms with E-state index in [1.54, 1.807) is 0 Å². The molecule has 0 aliphatic carbocycles. The van der Waals surface area contributed by atoms with E-state index < -0.39 is 11.5 Å². The van der Waals surface area contributed by atoms with Gasteiger partial charge in [0, 0.05) is 38.3 Å². The molecule has 2 fully saturated rings. The van der Waals surface area contributed by atoms with E-state index in [0.29, 0.717) is 39.0 Å². The maximum absolute atomic E-state index is 12.5. The van der Waals surface area contributed by atoms with Gasteiger partial charge in [0.25, 0.3) is 0 Å². The number of nitrogens with one attached hydrogen (secondary N) is 1. The Morgan fingerprint density at radius 1 is 1.17 bits per heavy atom. The van der Waals surface area contributed by atoms with Crippen molar-refractivity contribution in [1.29, 1.82) is 0 Å². The molecule has 1 atom stereocenters. The van der Waals surface area contributed by atoms with E-state index in [1.165, 1.54) is 4.90 Å². The monoisotopic (exact) mass is 331 g/mol. The van der Waals surface area contributed by atoms with E-state index in [2.05, 4.69) is 10.2 Å². The number of hydrogen-bond donors (Lipinski definition) is 2. The lowest BCUT2D eigenvalue weighted by atomic mass is 9.74. The van der Waals surface area contributed by atoms with Crippen molar-refractivity contribution in [3.8, 4) is 0 Å². The second-order valence-corrected chi connectivity index (χ2v) is 6.48. The number of carboxylic acid groups (broad SMARTS) is 1. The topological polar surface area (TPSA) is 89.9 Å². The average molecular weight is 331 g/mol. The highest BCUT2D eigenvalue weighted by Crippen LogP contribution is 2.38. The molecule has 1 aromatic carbocycles. The van der Waals surface area contributed by atoms with Crippen LogP contribution in [0.3, 0.4) is 0 Å². The lowest BCUT2D eigenvalue weighted by molar-refractivity contribution is -0.137. The minimum absolute atomic E-state index is 0.231. The Kier molecular flexibility index (Phi) is 4.17. The number of carbonyl (C=O) groups is 3. The number of para-hydroxylation sites is 1. The zero-order valence-electron chi connectivity index (χ0n) is 13.6. The fourth-order valence-electron chi connectivity index (χ4n) is 3.42.